The topological polar surface area (TPSA) is 135 Å². The first-order chi connectivity index (χ1) is 19.4. The normalized spacial score (nSPS) is 25.1. The Morgan fingerprint density at radius 3 is 2.27 bits per heavy atom. The van der Waals surface area contributed by atoms with Crippen molar-refractivity contribution in [2.45, 2.75) is 68.1 Å². The van der Waals surface area contributed by atoms with Crippen molar-refractivity contribution in [3.05, 3.63) is 30.3 Å². The fraction of sp³-hybridized carbons (Fsp3) is 0.552. The predicted octanol–water partition coefficient (Wildman–Crippen LogP) is 3.90. The number of aromatic nitrogens is 2. The summed E-state index contributed by atoms with van der Waals surface area (Å²) in [5.74, 6) is -1.95. The van der Waals surface area contributed by atoms with E-state index in [4.69, 9.17) is 23.7 Å². The van der Waals surface area contributed by atoms with Gasteiger partial charge in [-0.2, -0.15) is 9.97 Å². The first-order valence-corrected chi connectivity index (χ1v) is 14.7. The minimum atomic E-state index is -1.08. The minimum absolute atomic E-state index is 0.0959. The average molecular weight is 682 g/mol. The maximum Gasteiger partial charge on any atom is 0.332 e. The second-order valence-corrected chi connectivity index (χ2v) is 12.6. The number of ether oxygens (including phenoxy) is 5. The number of benzene rings is 1. The maximum absolute atomic E-state index is 13.6. The smallest absolute Gasteiger partial charge is 0.332 e. The molecule has 2 aliphatic carbocycles. The average Bonchev–Trinajstić information content (AvgIpc) is 3.38. The monoisotopic (exact) mass is 681 g/mol. The number of rotatable bonds is 10. The molecule has 4 rings (SSSR count). The summed E-state index contributed by atoms with van der Waals surface area (Å²) in [6, 6.07) is 9.15. The van der Waals surface area contributed by atoms with Crippen molar-refractivity contribution < 1.29 is 38.1 Å². The lowest BCUT2D eigenvalue weighted by molar-refractivity contribution is -0.163. The van der Waals surface area contributed by atoms with Crippen LogP contribution in [0.3, 0.4) is 0 Å². The number of hydrogen-bond acceptors (Lipinski definition) is 10. The zero-order valence-electron chi connectivity index (χ0n) is 24.1. The molecule has 0 unspecified atom stereocenters. The minimum Gasteiger partial charge on any atom is -0.497 e. The van der Waals surface area contributed by atoms with Crippen LogP contribution >= 0.6 is 22.6 Å². The zero-order valence-corrected chi connectivity index (χ0v) is 26.2. The maximum atomic E-state index is 13.6. The van der Waals surface area contributed by atoms with Gasteiger partial charge in [0.2, 0.25) is 11.8 Å². The molecule has 1 amide bonds. The van der Waals surface area contributed by atoms with Crippen LogP contribution in [0.15, 0.2) is 30.3 Å². The molecular formula is C29H36IN3O8. The van der Waals surface area contributed by atoms with E-state index in [-0.39, 0.29) is 35.3 Å². The lowest BCUT2D eigenvalue weighted by Crippen LogP contribution is -2.49. The van der Waals surface area contributed by atoms with Crippen LogP contribution in [0.2, 0.25) is 0 Å². The number of nitrogens with zero attached hydrogens (tertiary/aromatic N) is 2. The first kappa shape index (κ1) is 30.8. The van der Waals surface area contributed by atoms with Gasteiger partial charge in [-0.1, -0.05) is 22.6 Å². The van der Waals surface area contributed by atoms with Gasteiger partial charge in [-0.3, -0.25) is 9.59 Å². The van der Waals surface area contributed by atoms with Crippen LogP contribution in [-0.2, 0) is 23.9 Å². The third kappa shape index (κ3) is 7.19. The van der Waals surface area contributed by atoms with Gasteiger partial charge in [-0.25, -0.2) is 4.79 Å². The van der Waals surface area contributed by atoms with Crippen molar-refractivity contribution in [1.82, 2.24) is 15.3 Å². The lowest BCUT2D eigenvalue weighted by atomic mass is 9.94. The molecule has 1 aromatic heterocycles. The fourth-order valence-corrected chi connectivity index (χ4v) is 5.94. The molecule has 0 spiro atoms. The Bertz CT molecular complexity index is 1280. The van der Waals surface area contributed by atoms with E-state index < -0.39 is 46.9 Å². The predicted molar refractivity (Wildman–Crippen MR) is 157 cm³/mol. The van der Waals surface area contributed by atoms with Gasteiger partial charge in [-0.05, 0) is 71.2 Å². The molecule has 1 N–H and O–H groups in total. The van der Waals surface area contributed by atoms with Crippen LogP contribution in [-0.4, -0.2) is 69.8 Å². The highest BCUT2D eigenvalue weighted by Gasteiger charge is 2.62. The van der Waals surface area contributed by atoms with Gasteiger partial charge in [0.25, 0.3) is 0 Å². The van der Waals surface area contributed by atoms with Crippen LogP contribution in [0.5, 0.6) is 17.6 Å². The van der Waals surface area contributed by atoms with Crippen molar-refractivity contribution in [2.75, 3.05) is 20.8 Å². The zero-order chi connectivity index (χ0) is 29.9. The third-order valence-electron chi connectivity index (χ3n) is 6.97. The summed E-state index contributed by atoms with van der Waals surface area (Å²) in [6.45, 7) is 7.25. The molecule has 12 heteroatoms. The van der Waals surface area contributed by atoms with Crippen molar-refractivity contribution >= 4 is 40.4 Å². The Balaban J connectivity index is 1.56. The number of methoxy groups -OCH3 is 2. The number of halogens is 1. The van der Waals surface area contributed by atoms with E-state index >= 15 is 0 Å². The number of esters is 2. The fourth-order valence-electron chi connectivity index (χ4n) is 4.84. The Hall–Kier alpha value is -3.16. The molecule has 41 heavy (non-hydrogen) atoms. The van der Waals surface area contributed by atoms with Crippen LogP contribution in [0.1, 0.15) is 47.0 Å². The van der Waals surface area contributed by atoms with Gasteiger partial charge in [0.15, 0.2) is 5.54 Å². The summed E-state index contributed by atoms with van der Waals surface area (Å²) in [4.78, 5) is 48.2. The van der Waals surface area contributed by atoms with Crippen molar-refractivity contribution in [2.24, 2.45) is 11.8 Å². The Labute approximate surface area is 253 Å². The number of amides is 1. The van der Waals surface area contributed by atoms with E-state index in [1.54, 1.807) is 40.9 Å². The van der Waals surface area contributed by atoms with Crippen molar-refractivity contribution in [3.63, 3.8) is 0 Å². The first-order valence-electron chi connectivity index (χ1n) is 13.5. The lowest BCUT2D eigenvalue weighted by Gasteiger charge is -2.25. The van der Waals surface area contributed by atoms with E-state index in [9.17, 15) is 14.4 Å². The quantitative estimate of drug-likeness (QED) is 0.224. The number of hydrogen-bond donors (Lipinski definition) is 1. The second-order valence-electron chi connectivity index (χ2n) is 11.1. The highest BCUT2D eigenvalue weighted by atomic mass is 127. The van der Waals surface area contributed by atoms with E-state index in [1.807, 2.05) is 24.3 Å². The van der Waals surface area contributed by atoms with E-state index in [1.165, 1.54) is 7.11 Å². The SMILES string of the molecule is CCOC(=O)[C@@]1(NC(=O)[C@@H]2C[C@@H](Oc3cc(-c4ccc(OC)cc4)nc(OC)n3)C[C@H]2C(=O)OC(C)(C)C)C[C@H]1I. The molecule has 0 saturated heterocycles. The van der Waals surface area contributed by atoms with Crippen LogP contribution < -0.4 is 19.5 Å². The molecular weight excluding hydrogens is 645 g/mol. The van der Waals surface area contributed by atoms with Crippen molar-refractivity contribution in [3.8, 4) is 28.9 Å². The highest BCUT2D eigenvalue weighted by Crippen LogP contribution is 2.45. The number of carbonyl (C=O) groups excluding carboxylic acids is 3. The Kier molecular flexibility index (Phi) is 9.29. The molecule has 2 saturated carbocycles. The Morgan fingerprint density at radius 1 is 1.05 bits per heavy atom. The van der Waals surface area contributed by atoms with Gasteiger partial charge in [0, 0.05) is 15.6 Å². The summed E-state index contributed by atoms with van der Waals surface area (Å²) in [7, 11) is 3.05. The summed E-state index contributed by atoms with van der Waals surface area (Å²) >= 11 is 2.13. The molecule has 5 atom stereocenters. The third-order valence-corrected chi connectivity index (χ3v) is 8.47. The van der Waals surface area contributed by atoms with Crippen LogP contribution in [0, 0.1) is 11.8 Å². The molecule has 1 heterocycles. The molecule has 11 nitrogen and oxygen atoms in total. The number of alkyl halides is 1. The van der Waals surface area contributed by atoms with E-state index in [0.717, 1.165) is 5.56 Å². The van der Waals surface area contributed by atoms with Gasteiger partial charge in [0.1, 0.15) is 17.5 Å². The standard InChI is InChI=1S/C29H36IN3O8/c1-7-39-26(36)29(15-22(29)30)33-24(34)19-12-18(13-20(19)25(35)41-28(2,3)4)40-23-14-21(31-27(32-23)38-6)16-8-10-17(37-5)11-9-16/h8-11,14,18-20,22H,7,12-13,15H2,1-6H3,(H,33,34)/t18-,19-,20-,22-,29-/m1/s1. The summed E-state index contributed by atoms with van der Waals surface area (Å²) in [6.07, 6.45) is 0.401. The van der Waals surface area contributed by atoms with Gasteiger partial charge >= 0.3 is 17.9 Å². The largest absolute Gasteiger partial charge is 0.497 e. The second kappa shape index (κ2) is 12.4. The van der Waals surface area contributed by atoms with Crippen LogP contribution in [0.25, 0.3) is 11.3 Å². The summed E-state index contributed by atoms with van der Waals surface area (Å²) in [5.41, 5.74) is -0.448. The van der Waals surface area contributed by atoms with Gasteiger partial charge in [-0.15, -0.1) is 0 Å². The van der Waals surface area contributed by atoms with Gasteiger partial charge in [0.05, 0.1) is 38.4 Å². The van der Waals surface area contributed by atoms with Crippen LogP contribution in [0.4, 0.5) is 0 Å². The van der Waals surface area contributed by atoms with Gasteiger partial charge < -0.3 is 29.0 Å². The molecule has 0 bridgehead atoms. The van der Waals surface area contributed by atoms with Crippen molar-refractivity contribution in [1.29, 1.82) is 0 Å². The van der Waals surface area contributed by atoms with E-state index in [2.05, 4.69) is 37.9 Å². The summed E-state index contributed by atoms with van der Waals surface area (Å²) in [5, 5.41) is 2.89. The molecule has 2 aromatic rings. The molecule has 1 aromatic carbocycles. The molecule has 0 radical (unpaired) electrons. The molecule has 0 aliphatic heterocycles. The van der Waals surface area contributed by atoms with E-state index in [0.29, 0.717) is 17.9 Å². The highest BCUT2D eigenvalue weighted by molar-refractivity contribution is 14.1. The number of carbonyl (C=O) groups is 3. The molecule has 2 aliphatic rings. The molecule has 222 valence electrons. The summed E-state index contributed by atoms with van der Waals surface area (Å²) < 4.78 is 27.6. The number of nitrogens with one attached hydrogen (secondary N) is 1. The Morgan fingerprint density at radius 2 is 1.71 bits per heavy atom. The molecule has 2 fully saturated rings.